The molecule has 2 N–H and O–H groups in total. The molecule has 0 saturated carbocycles. The van der Waals surface area contributed by atoms with Gasteiger partial charge in [0.2, 0.25) is 5.91 Å². The second-order valence-electron chi connectivity index (χ2n) is 8.00. The number of thioether (sulfide) groups is 1. The predicted octanol–water partition coefficient (Wildman–Crippen LogP) is 6.32. The van der Waals surface area contributed by atoms with Crippen molar-refractivity contribution in [2.75, 3.05) is 11.1 Å². The Bertz CT molecular complexity index is 1460. The third-order valence-corrected chi connectivity index (χ3v) is 7.36. The zero-order valence-electron chi connectivity index (χ0n) is 19.2. The molecule has 10 heteroatoms. The van der Waals surface area contributed by atoms with Gasteiger partial charge in [0.25, 0.3) is 5.69 Å². The summed E-state index contributed by atoms with van der Waals surface area (Å²) in [5.41, 5.74) is 5.62. The first-order chi connectivity index (χ1) is 16.7. The Kier molecular flexibility index (Phi) is 7.13. The molecular formula is C25H22N4O4S2. The van der Waals surface area contributed by atoms with Crippen LogP contribution in [0.1, 0.15) is 22.3 Å². The number of nitrogens with zero attached hydrogens (tertiary/aromatic N) is 3. The smallest absolute Gasteiger partial charge is 0.270 e. The maximum atomic E-state index is 12.5. The molecule has 0 aliphatic rings. The SMILES string of the molecule is Cc1cc(C)c(NC(=O)CSc2nc3ccc(N=Cc4cc([N+](=O)[O-])ccc4O)cc3s2)c(C)c1. The number of non-ortho nitro benzene ring substituents is 1. The predicted molar refractivity (Wildman–Crippen MR) is 142 cm³/mol. The van der Waals surface area contributed by atoms with Crippen molar-refractivity contribution in [3.63, 3.8) is 0 Å². The van der Waals surface area contributed by atoms with Crippen LogP contribution in [-0.2, 0) is 4.79 Å². The number of benzene rings is 3. The number of hydrogen-bond donors (Lipinski definition) is 2. The van der Waals surface area contributed by atoms with E-state index in [4.69, 9.17) is 0 Å². The summed E-state index contributed by atoms with van der Waals surface area (Å²) in [7, 11) is 0. The van der Waals surface area contributed by atoms with Gasteiger partial charge in [-0.2, -0.15) is 0 Å². The van der Waals surface area contributed by atoms with Crippen molar-refractivity contribution in [3.8, 4) is 5.75 Å². The highest BCUT2D eigenvalue weighted by Crippen LogP contribution is 2.32. The largest absolute Gasteiger partial charge is 0.507 e. The summed E-state index contributed by atoms with van der Waals surface area (Å²) in [6.45, 7) is 6.00. The number of nitrogens with one attached hydrogen (secondary N) is 1. The van der Waals surface area contributed by atoms with E-state index in [0.29, 0.717) is 5.69 Å². The van der Waals surface area contributed by atoms with Gasteiger partial charge in [-0.05, 0) is 56.2 Å². The van der Waals surface area contributed by atoms with Gasteiger partial charge in [-0.15, -0.1) is 11.3 Å². The number of hydrogen-bond acceptors (Lipinski definition) is 8. The fourth-order valence-corrected chi connectivity index (χ4v) is 5.52. The van der Waals surface area contributed by atoms with Crippen LogP contribution in [0.5, 0.6) is 5.75 Å². The fraction of sp³-hybridized carbons (Fsp3) is 0.160. The molecule has 0 radical (unpaired) electrons. The van der Waals surface area contributed by atoms with E-state index in [1.54, 1.807) is 6.07 Å². The Morgan fingerprint density at radius 1 is 1.17 bits per heavy atom. The van der Waals surface area contributed by atoms with Crippen molar-refractivity contribution in [2.24, 2.45) is 4.99 Å². The average molecular weight is 507 g/mol. The number of phenolic OH excluding ortho intramolecular Hbond substituents is 1. The van der Waals surface area contributed by atoms with Crippen LogP contribution >= 0.6 is 23.1 Å². The Balaban J connectivity index is 1.44. The number of carbonyl (C=O) groups excluding carboxylic acids is 1. The van der Waals surface area contributed by atoms with Crippen molar-refractivity contribution in [1.29, 1.82) is 0 Å². The van der Waals surface area contributed by atoms with Crippen molar-refractivity contribution in [1.82, 2.24) is 4.98 Å². The second kappa shape index (κ2) is 10.2. The lowest BCUT2D eigenvalue weighted by Gasteiger charge is -2.12. The Morgan fingerprint density at radius 3 is 2.63 bits per heavy atom. The zero-order valence-corrected chi connectivity index (χ0v) is 20.9. The summed E-state index contributed by atoms with van der Waals surface area (Å²) < 4.78 is 1.67. The quantitative estimate of drug-likeness (QED) is 0.131. The second-order valence-corrected chi connectivity index (χ2v) is 10.3. The van der Waals surface area contributed by atoms with E-state index in [1.807, 2.05) is 45.0 Å². The number of nitro benzene ring substituents is 1. The van der Waals surface area contributed by atoms with Crippen LogP contribution < -0.4 is 5.32 Å². The van der Waals surface area contributed by atoms with Gasteiger partial charge < -0.3 is 10.4 Å². The van der Waals surface area contributed by atoms with Crippen molar-refractivity contribution < 1.29 is 14.8 Å². The van der Waals surface area contributed by atoms with E-state index < -0.39 is 4.92 Å². The van der Waals surface area contributed by atoms with E-state index >= 15 is 0 Å². The Hall–Kier alpha value is -3.76. The third kappa shape index (κ3) is 5.84. The molecule has 0 aliphatic carbocycles. The number of aliphatic imine (C=N–C) groups is 1. The van der Waals surface area contributed by atoms with Gasteiger partial charge >= 0.3 is 0 Å². The van der Waals surface area contributed by atoms with E-state index in [0.717, 1.165) is 36.9 Å². The molecule has 4 aromatic rings. The molecule has 1 aromatic heterocycles. The van der Waals surface area contributed by atoms with Gasteiger partial charge in [0, 0.05) is 29.6 Å². The number of fused-ring (bicyclic) bond motifs is 1. The monoisotopic (exact) mass is 506 g/mol. The fourth-order valence-electron chi connectivity index (χ4n) is 3.62. The summed E-state index contributed by atoms with van der Waals surface area (Å²) in [5.74, 6) is 0.0569. The van der Waals surface area contributed by atoms with E-state index in [2.05, 4.69) is 15.3 Å². The van der Waals surface area contributed by atoms with Crippen LogP contribution in [0.25, 0.3) is 10.2 Å². The molecule has 8 nitrogen and oxygen atoms in total. The first-order valence-corrected chi connectivity index (χ1v) is 12.4. The maximum Gasteiger partial charge on any atom is 0.270 e. The summed E-state index contributed by atoms with van der Waals surface area (Å²) >= 11 is 2.83. The maximum absolute atomic E-state index is 12.5. The number of aromatic nitrogens is 1. The molecule has 178 valence electrons. The van der Waals surface area contributed by atoms with Gasteiger partial charge in [-0.25, -0.2) is 4.98 Å². The summed E-state index contributed by atoms with van der Waals surface area (Å²) in [4.78, 5) is 31.9. The highest BCUT2D eigenvalue weighted by Gasteiger charge is 2.12. The van der Waals surface area contributed by atoms with Gasteiger partial charge in [-0.3, -0.25) is 19.9 Å². The molecule has 0 atom stereocenters. The minimum Gasteiger partial charge on any atom is -0.507 e. The van der Waals surface area contributed by atoms with E-state index in [1.165, 1.54) is 47.5 Å². The zero-order chi connectivity index (χ0) is 25.1. The molecule has 35 heavy (non-hydrogen) atoms. The molecule has 0 fully saturated rings. The standard InChI is InChI=1S/C25H22N4O4S2/c1-14-8-15(2)24(16(3)9-14)28-23(31)13-34-25-27-20-6-4-18(11-22(20)35-25)26-12-17-10-19(29(32)33)5-7-21(17)30/h4-12,30H,13H2,1-3H3,(H,28,31). The van der Waals surface area contributed by atoms with Crippen LogP contribution in [0.3, 0.4) is 0 Å². The number of amides is 1. The Morgan fingerprint density at radius 2 is 1.91 bits per heavy atom. The lowest BCUT2D eigenvalue weighted by Crippen LogP contribution is -2.15. The highest BCUT2D eigenvalue weighted by molar-refractivity contribution is 8.01. The number of carbonyl (C=O) groups is 1. The molecule has 1 heterocycles. The number of aryl methyl sites for hydroxylation is 3. The number of phenols is 1. The molecule has 0 bridgehead atoms. The highest BCUT2D eigenvalue weighted by atomic mass is 32.2. The van der Waals surface area contributed by atoms with Crippen LogP contribution in [-0.4, -0.2) is 32.9 Å². The lowest BCUT2D eigenvalue weighted by molar-refractivity contribution is -0.384. The van der Waals surface area contributed by atoms with E-state index in [9.17, 15) is 20.0 Å². The minimum absolute atomic E-state index is 0.0913. The van der Waals surface area contributed by atoms with Crippen LogP contribution in [0.2, 0.25) is 0 Å². The molecule has 4 rings (SSSR count). The number of rotatable bonds is 7. The lowest BCUT2D eigenvalue weighted by atomic mass is 10.1. The number of thiazole rings is 1. The minimum atomic E-state index is -0.525. The van der Waals surface area contributed by atoms with Gasteiger partial charge in [0.15, 0.2) is 4.34 Å². The van der Waals surface area contributed by atoms with Crippen LogP contribution in [0, 0.1) is 30.9 Å². The van der Waals surface area contributed by atoms with E-state index in [-0.39, 0.29) is 28.7 Å². The normalized spacial score (nSPS) is 11.3. The van der Waals surface area contributed by atoms with Gasteiger partial charge in [-0.1, -0.05) is 29.5 Å². The first kappa shape index (κ1) is 24.4. The molecule has 0 spiro atoms. The van der Waals surface area contributed by atoms with Crippen molar-refractivity contribution in [2.45, 2.75) is 25.1 Å². The molecule has 0 aliphatic heterocycles. The van der Waals surface area contributed by atoms with Crippen LogP contribution in [0.15, 0.2) is 57.9 Å². The van der Waals surface area contributed by atoms with Crippen LogP contribution in [0.4, 0.5) is 17.1 Å². The molecule has 3 aromatic carbocycles. The average Bonchev–Trinajstić information content (AvgIpc) is 3.21. The molecule has 0 unspecified atom stereocenters. The van der Waals surface area contributed by atoms with Gasteiger partial charge in [0.1, 0.15) is 5.75 Å². The van der Waals surface area contributed by atoms with Crippen molar-refractivity contribution >= 4 is 62.5 Å². The topological polar surface area (TPSA) is 118 Å². The molecular weight excluding hydrogens is 484 g/mol. The first-order valence-electron chi connectivity index (χ1n) is 10.6. The number of aromatic hydroxyl groups is 1. The number of nitro groups is 1. The summed E-state index contributed by atoms with van der Waals surface area (Å²) in [6, 6.07) is 13.3. The Labute approximate surface area is 209 Å². The van der Waals surface area contributed by atoms with Crippen molar-refractivity contribution in [3.05, 3.63) is 80.9 Å². The third-order valence-electron chi connectivity index (χ3n) is 5.20. The summed E-state index contributed by atoms with van der Waals surface area (Å²) in [6.07, 6.45) is 1.39. The summed E-state index contributed by atoms with van der Waals surface area (Å²) in [5, 5.41) is 23.9. The van der Waals surface area contributed by atoms with Gasteiger partial charge in [0.05, 0.1) is 26.6 Å². The molecule has 1 amide bonds. The number of anilines is 1. The molecule has 0 saturated heterocycles.